The lowest BCUT2D eigenvalue weighted by atomic mass is 10.1. The maximum atomic E-state index is 6.28. The third-order valence-corrected chi connectivity index (χ3v) is 6.81. The van der Waals surface area contributed by atoms with Crippen LogP contribution in [0.1, 0.15) is 36.8 Å². The average molecular weight is 474 g/mol. The van der Waals surface area contributed by atoms with E-state index in [-0.39, 0.29) is 6.10 Å². The lowest BCUT2D eigenvalue weighted by molar-refractivity contribution is 0.138. The van der Waals surface area contributed by atoms with Crippen molar-refractivity contribution in [3.8, 4) is 11.5 Å². The molecule has 5 rings (SSSR count). The summed E-state index contributed by atoms with van der Waals surface area (Å²) in [6.45, 7) is 5.49. The molecule has 1 atom stereocenters. The van der Waals surface area contributed by atoms with Gasteiger partial charge in [-0.2, -0.15) is 0 Å². The van der Waals surface area contributed by atoms with E-state index in [2.05, 4.69) is 57.2 Å². The number of likely N-dealkylation sites (tertiary alicyclic amines) is 1. The van der Waals surface area contributed by atoms with Crippen LogP contribution in [-0.2, 0) is 17.8 Å². The van der Waals surface area contributed by atoms with Gasteiger partial charge in [0.15, 0.2) is 11.5 Å². The smallest absolute Gasteiger partial charge is 0.163 e. The van der Waals surface area contributed by atoms with Gasteiger partial charge in [-0.05, 0) is 67.4 Å². The SMILES string of the molecule is COc1ccc(N(Cc2cccnc2)c2ccc(CN3CCCCC3)cc2)cc1O[C@@H]1CCOC1. The van der Waals surface area contributed by atoms with Gasteiger partial charge in [-0.15, -0.1) is 0 Å². The molecule has 2 aromatic carbocycles. The molecule has 184 valence electrons. The molecule has 0 spiro atoms. The average Bonchev–Trinajstić information content (AvgIpc) is 3.42. The standard InChI is InChI=1S/C29H35N3O3/c1-33-28-12-11-26(18-29(28)35-27-13-17-34-22-27)32(21-24-6-5-14-30-19-24)25-9-7-23(8-10-25)20-31-15-3-2-4-16-31/h5-12,14,18-19,27H,2-4,13,15-17,20-22H2,1H3/t27-/m1/s1. The molecule has 35 heavy (non-hydrogen) atoms. The molecule has 3 heterocycles. The lowest BCUT2D eigenvalue weighted by Gasteiger charge is -2.28. The quantitative estimate of drug-likeness (QED) is 0.404. The molecular weight excluding hydrogens is 438 g/mol. The zero-order chi connectivity index (χ0) is 23.9. The predicted molar refractivity (Wildman–Crippen MR) is 138 cm³/mol. The molecule has 2 fully saturated rings. The summed E-state index contributed by atoms with van der Waals surface area (Å²) < 4.78 is 17.4. The molecule has 3 aromatic rings. The zero-order valence-electron chi connectivity index (χ0n) is 20.6. The maximum Gasteiger partial charge on any atom is 0.163 e. The third kappa shape index (κ3) is 6.13. The van der Waals surface area contributed by atoms with E-state index < -0.39 is 0 Å². The van der Waals surface area contributed by atoms with Crippen LogP contribution in [0, 0.1) is 0 Å². The van der Waals surface area contributed by atoms with E-state index in [0.717, 1.165) is 48.0 Å². The van der Waals surface area contributed by atoms with Crippen LogP contribution < -0.4 is 14.4 Å². The molecule has 6 nitrogen and oxygen atoms in total. The topological polar surface area (TPSA) is 47.1 Å². The first-order chi connectivity index (χ1) is 17.3. The fraction of sp³-hybridized carbons (Fsp3) is 0.414. The van der Waals surface area contributed by atoms with Crippen molar-refractivity contribution in [2.75, 3.05) is 38.3 Å². The highest BCUT2D eigenvalue weighted by Crippen LogP contribution is 2.37. The van der Waals surface area contributed by atoms with Crippen molar-refractivity contribution < 1.29 is 14.2 Å². The molecule has 0 aliphatic carbocycles. The minimum Gasteiger partial charge on any atom is -0.493 e. The molecule has 0 radical (unpaired) electrons. The van der Waals surface area contributed by atoms with Crippen LogP contribution in [0.5, 0.6) is 11.5 Å². The second-order valence-electron chi connectivity index (χ2n) is 9.39. The normalized spacial score (nSPS) is 18.4. The minimum absolute atomic E-state index is 0.0556. The largest absolute Gasteiger partial charge is 0.493 e. The summed E-state index contributed by atoms with van der Waals surface area (Å²) >= 11 is 0. The highest BCUT2D eigenvalue weighted by molar-refractivity contribution is 5.67. The Kier molecular flexibility index (Phi) is 7.81. The highest BCUT2D eigenvalue weighted by atomic mass is 16.6. The summed E-state index contributed by atoms with van der Waals surface area (Å²) in [5, 5.41) is 0. The monoisotopic (exact) mass is 473 g/mol. The van der Waals surface area contributed by atoms with E-state index in [1.165, 1.54) is 37.9 Å². The number of aromatic nitrogens is 1. The molecule has 0 N–H and O–H groups in total. The van der Waals surface area contributed by atoms with Gasteiger partial charge >= 0.3 is 0 Å². The summed E-state index contributed by atoms with van der Waals surface area (Å²) in [7, 11) is 1.68. The van der Waals surface area contributed by atoms with Crippen LogP contribution in [0.2, 0.25) is 0 Å². The van der Waals surface area contributed by atoms with Gasteiger partial charge in [0.2, 0.25) is 0 Å². The lowest BCUT2D eigenvalue weighted by Crippen LogP contribution is -2.29. The van der Waals surface area contributed by atoms with E-state index >= 15 is 0 Å². The van der Waals surface area contributed by atoms with Crippen LogP contribution in [0.4, 0.5) is 11.4 Å². The Labute approximate surface area is 208 Å². The first-order valence-electron chi connectivity index (χ1n) is 12.7. The Balaban J connectivity index is 1.42. The van der Waals surface area contributed by atoms with E-state index in [4.69, 9.17) is 14.2 Å². The number of ether oxygens (including phenoxy) is 3. The highest BCUT2D eigenvalue weighted by Gasteiger charge is 2.21. The molecule has 1 aromatic heterocycles. The Bertz CT molecular complexity index is 1060. The number of anilines is 2. The Morgan fingerprint density at radius 2 is 1.80 bits per heavy atom. The number of benzene rings is 2. The van der Waals surface area contributed by atoms with Crippen molar-refractivity contribution in [1.29, 1.82) is 0 Å². The van der Waals surface area contributed by atoms with Crippen molar-refractivity contribution in [2.24, 2.45) is 0 Å². The van der Waals surface area contributed by atoms with E-state index in [1.54, 1.807) is 7.11 Å². The molecule has 2 aliphatic heterocycles. The van der Waals surface area contributed by atoms with Crippen LogP contribution in [0.15, 0.2) is 67.0 Å². The van der Waals surface area contributed by atoms with E-state index in [1.807, 2.05) is 24.5 Å². The Morgan fingerprint density at radius 1 is 0.971 bits per heavy atom. The number of pyridine rings is 1. The van der Waals surface area contributed by atoms with E-state index in [0.29, 0.717) is 13.2 Å². The fourth-order valence-electron chi connectivity index (χ4n) is 4.87. The Hall–Kier alpha value is -3.09. The van der Waals surface area contributed by atoms with Gasteiger partial charge in [0.1, 0.15) is 6.10 Å². The van der Waals surface area contributed by atoms with E-state index in [9.17, 15) is 0 Å². The van der Waals surface area contributed by atoms with Crippen LogP contribution in [-0.4, -0.2) is 49.4 Å². The molecule has 0 saturated carbocycles. The van der Waals surface area contributed by atoms with Crippen LogP contribution in [0.3, 0.4) is 0 Å². The van der Waals surface area contributed by atoms with Gasteiger partial charge < -0.3 is 19.1 Å². The van der Waals surface area contributed by atoms with Gasteiger partial charge in [-0.3, -0.25) is 9.88 Å². The summed E-state index contributed by atoms with van der Waals surface area (Å²) in [6, 6.07) is 19.2. The van der Waals surface area contributed by atoms with Crippen molar-refractivity contribution >= 4 is 11.4 Å². The van der Waals surface area contributed by atoms with Gasteiger partial charge in [-0.25, -0.2) is 0 Å². The zero-order valence-corrected chi connectivity index (χ0v) is 20.6. The van der Waals surface area contributed by atoms with Crippen molar-refractivity contribution in [3.63, 3.8) is 0 Å². The molecule has 0 bridgehead atoms. The summed E-state index contributed by atoms with van der Waals surface area (Å²) in [5.41, 5.74) is 4.69. The molecule has 0 amide bonds. The van der Waals surface area contributed by atoms with Crippen LogP contribution >= 0.6 is 0 Å². The molecule has 2 saturated heterocycles. The number of hydrogen-bond acceptors (Lipinski definition) is 6. The van der Waals surface area contributed by atoms with Gasteiger partial charge in [0.25, 0.3) is 0 Å². The molecule has 0 unspecified atom stereocenters. The molecular formula is C29H35N3O3. The fourth-order valence-corrected chi connectivity index (χ4v) is 4.87. The van der Waals surface area contributed by atoms with Gasteiger partial charge in [0.05, 0.1) is 20.3 Å². The number of methoxy groups -OCH3 is 1. The Morgan fingerprint density at radius 3 is 2.51 bits per heavy atom. The van der Waals surface area contributed by atoms with Crippen molar-refractivity contribution in [3.05, 3.63) is 78.1 Å². The number of hydrogen-bond donors (Lipinski definition) is 0. The van der Waals surface area contributed by atoms with Gasteiger partial charge in [-0.1, -0.05) is 24.6 Å². The maximum absolute atomic E-state index is 6.28. The minimum atomic E-state index is 0.0556. The van der Waals surface area contributed by atoms with Gasteiger partial charge in [0, 0.05) is 49.3 Å². The second-order valence-corrected chi connectivity index (χ2v) is 9.39. The summed E-state index contributed by atoms with van der Waals surface area (Å²) in [5.74, 6) is 1.48. The number of piperidine rings is 1. The first-order valence-corrected chi connectivity index (χ1v) is 12.7. The van der Waals surface area contributed by atoms with Crippen molar-refractivity contribution in [2.45, 2.75) is 44.9 Å². The molecule has 6 heteroatoms. The third-order valence-electron chi connectivity index (χ3n) is 6.81. The predicted octanol–water partition coefficient (Wildman–Crippen LogP) is 5.58. The molecule has 2 aliphatic rings. The summed E-state index contributed by atoms with van der Waals surface area (Å²) in [4.78, 5) is 9.19. The second kappa shape index (κ2) is 11.6. The first kappa shape index (κ1) is 23.6. The van der Waals surface area contributed by atoms with Crippen LogP contribution in [0.25, 0.3) is 0 Å². The number of nitrogens with zero attached hydrogens (tertiary/aromatic N) is 3. The number of rotatable bonds is 9. The van der Waals surface area contributed by atoms with Crippen molar-refractivity contribution in [1.82, 2.24) is 9.88 Å². The summed E-state index contributed by atoms with van der Waals surface area (Å²) in [6.07, 6.45) is 8.67.